The molecule has 1 saturated carbocycles. The minimum Gasteiger partial charge on any atom is -0.456 e. The van der Waals surface area contributed by atoms with E-state index in [9.17, 15) is 0 Å². The molecular formula is C26H24NOP. The number of benzene rings is 3. The fourth-order valence-corrected chi connectivity index (χ4v) is 9.25. The summed E-state index contributed by atoms with van der Waals surface area (Å²) in [5.74, 6) is 2.08. The fraction of sp³-hybridized carbons (Fsp3) is 0.308. The van der Waals surface area contributed by atoms with Gasteiger partial charge in [0.1, 0.15) is 11.5 Å². The van der Waals surface area contributed by atoms with Gasteiger partial charge in [0.2, 0.25) is 0 Å². The molecule has 3 aliphatic heterocycles. The molecule has 3 atom stereocenters. The quantitative estimate of drug-likeness (QED) is 0.358. The number of rotatable bonds is 0. The van der Waals surface area contributed by atoms with Crippen LogP contribution in [0.2, 0.25) is 0 Å². The van der Waals surface area contributed by atoms with E-state index >= 15 is 0 Å². The van der Waals surface area contributed by atoms with Gasteiger partial charge in [-0.25, -0.2) is 0 Å². The molecule has 0 bridgehead atoms. The summed E-state index contributed by atoms with van der Waals surface area (Å²) < 4.78 is 6.43. The molecule has 3 unspecified atom stereocenters. The SMILES string of the molecule is CC12CCCCC1(C)N1c3cccc4c3P(c3ccccc3O4)c3cccc2c31. The molecule has 0 spiro atoms. The molecular weight excluding hydrogens is 373 g/mol. The van der Waals surface area contributed by atoms with Gasteiger partial charge in [-0.1, -0.05) is 62.2 Å². The minimum atomic E-state index is -0.593. The van der Waals surface area contributed by atoms with Gasteiger partial charge in [0, 0.05) is 16.0 Å². The molecule has 7 rings (SSSR count). The first kappa shape index (κ1) is 16.5. The third-order valence-electron chi connectivity index (χ3n) is 8.11. The molecule has 29 heavy (non-hydrogen) atoms. The van der Waals surface area contributed by atoms with E-state index in [4.69, 9.17) is 4.74 Å². The van der Waals surface area contributed by atoms with Crippen molar-refractivity contribution in [2.45, 2.75) is 50.5 Å². The number of hydrogen-bond acceptors (Lipinski definition) is 2. The maximum absolute atomic E-state index is 6.43. The first-order valence-corrected chi connectivity index (χ1v) is 12.1. The summed E-state index contributed by atoms with van der Waals surface area (Å²) in [6.45, 7) is 5.04. The van der Waals surface area contributed by atoms with Crippen molar-refractivity contribution in [2.24, 2.45) is 0 Å². The maximum atomic E-state index is 6.43. The molecule has 4 aliphatic rings. The number of nitrogens with zero attached hydrogens (tertiary/aromatic N) is 1. The lowest BCUT2D eigenvalue weighted by Gasteiger charge is -2.52. The Morgan fingerprint density at radius 3 is 2.52 bits per heavy atom. The van der Waals surface area contributed by atoms with Crippen LogP contribution in [0, 0.1) is 0 Å². The summed E-state index contributed by atoms with van der Waals surface area (Å²) in [4.78, 5) is 2.73. The van der Waals surface area contributed by atoms with E-state index in [1.807, 2.05) is 0 Å². The third kappa shape index (κ3) is 1.75. The number of hydrogen-bond donors (Lipinski definition) is 0. The van der Waals surface area contributed by atoms with Crippen LogP contribution in [0.25, 0.3) is 0 Å². The monoisotopic (exact) mass is 397 g/mol. The van der Waals surface area contributed by atoms with Crippen molar-refractivity contribution in [3.63, 3.8) is 0 Å². The summed E-state index contributed by atoms with van der Waals surface area (Å²) in [7, 11) is -0.593. The average molecular weight is 397 g/mol. The van der Waals surface area contributed by atoms with Gasteiger partial charge in [-0.2, -0.15) is 0 Å². The zero-order valence-corrected chi connectivity index (χ0v) is 17.8. The van der Waals surface area contributed by atoms with Crippen molar-refractivity contribution in [1.82, 2.24) is 0 Å². The fourth-order valence-electron chi connectivity index (χ4n) is 6.52. The Balaban J connectivity index is 1.62. The van der Waals surface area contributed by atoms with Crippen molar-refractivity contribution in [3.8, 4) is 11.5 Å². The minimum absolute atomic E-state index is 0.122. The lowest BCUT2D eigenvalue weighted by Crippen LogP contribution is -2.56. The van der Waals surface area contributed by atoms with Crippen LogP contribution in [0.1, 0.15) is 45.1 Å². The summed E-state index contributed by atoms with van der Waals surface area (Å²) in [5.41, 5.74) is 4.78. The van der Waals surface area contributed by atoms with Gasteiger partial charge in [-0.3, -0.25) is 0 Å². The Morgan fingerprint density at radius 1 is 0.828 bits per heavy atom. The van der Waals surface area contributed by atoms with Gasteiger partial charge in [0.25, 0.3) is 0 Å². The molecule has 1 fully saturated rings. The molecule has 3 heteroatoms. The first-order valence-electron chi connectivity index (χ1n) is 10.8. The van der Waals surface area contributed by atoms with E-state index in [-0.39, 0.29) is 11.0 Å². The summed E-state index contributed by atoms with van der Waals surface area (Å²) in [5, 5.41) is 4.30. The highest BCUT2D eigenvalue weighted by Gasteiger charge is 2.60. The van der Waals surface area contributed by atoms with Gasteiger partial charge in [-0.15, -0.1) is 0 Å². The molecule has 0 radical (unpaired) electrons. The summed E-state index contributed by atoms with van der Waals surface area (Å²) in [6, 6.07) is 22.5. The van der Waals surface area contributed by atoms with E-state index in [1.54, 1.807) is 5.56 Å². The maximum Gasteiger partial charge on any atom is 0.137 e. The Hall–Kier alpha value is -2.31. The van der Waals surface area contributed by atoms with Crippen molar-refractivity contribution >= 4 is 35.2 Å². The lowest BCUT2D eigenvalue weighted by atomic mass is 9.61. The largest absolute Gasteiger partial charge is 0.456 e. The molecule has 3 heterocycles. The smallest absolute Gasteiger partial charge is 0.137 e. The van der Waals surface area contributed by atoms with E-state index in [0.717, 1.165) is 11.5 Å². The summed E-state index contributed by atoms with van der Waals surface area (Å²) >= 11 is 0. The van der Waals surface area contributed by atoms with Gasteiger partial charge in [-0.05, 0) is 51.4 Å². The van der Waals surface area contributed by atoms with Gasteiger partial charge < -0.3 is 9.64 Å². The van der Waals surface area contributed by atoms with Crippen LogP contribution >= 0.6 is 7.92 Å². The molecule has 0 N–H and O–H groups in total. The van der Waals surface area contributed by atoms with Crippen LogP contribution in [0.15, 0.2) is 60.7 Å². The molecule has 3 aromatic rings. The molecule has 2 nitrogen and oxygen atoms in total. The number of fused-ring (bicyclic) bond motifs is 7. The van der Waals surface area contributed by atoms with Gasteiger partial charge in [0.15, 0.2) is 0 Å². The number of ether oxygens (including phenoxy) is 1. The highest BCUT2D eigenvalue weighted by atomic mass is 31.1. The van der Waals surface area contributed by atoms with Crippen molar-refractivity contribution in [3.05, 3.63) is 66.2 Å². The Morgan fingerprint density at radius 2 is 1.59 bits per heavy atom. The first-order chi connectivity index (χ1) is 14.1. The highest BCUT2D eigenvalue weighted by Crippen LogP contribution is 2.65. The predicted molar refractivity (Wildman–Crippen MR) is 122 cm³/mol. The van der Waals surface area contributed by atoms with E-state index in [1.165, 1.54) is 53.0 Å². The van der Waals surface area contributed by atoms with Crippen LogP contribution in [0.4, 0.5) is 11.4 Å². The Kier molecular flexibility index (Phi) is 2.98. The second kappa shape index (κ2) is 5.24. The highest BCUT2D eigenvalue weighted by molar-refractivity contribution is 7.81. The van der Waals surface area contributed by atoms with Gasteiger partial charge in [0.05, 0.1) is 22.2 Å². The van der Waals surface area contributed by atoms with Gasteiger partial charge >= 0.3 is 0 Å². The topological polar surface area (TPSA) is 12.5 Å². The normalized spacial score (nSPS) is 30.0. The lowest BCUT2D eigenvalue weighted by molar-refractivity contribution is 0.195. The molecule has 0 saturated heterocycles. The Bertz CT molecular complexity index is 1200. The predicted octanol–water partition coefficient (Wildman–Crippen LogP) is 5.61. The molecule has 3 aromatic carbocycles. The summed E-state index contributed by atoms with van der Waals surface area (Å²) in [6.07, 6.45) is 5.17. The van der Waals surface area contributed by atoms with Crippen LogP contribution in [-0.2, 0) is 5.41 Å². The molecule has 144 valence electrons. The third-order valence-corrected chi connectivity index (χ3v) is 10.7. The van der Waals surface area contributed by atoms with Crippen LogP contribution in [-0.4, -0.2) is 5.54 Å². The second-order valence-electron chi connectivity index (χ2n) is 9.35. The zero-order chi connectivity index (χ0) is 19.4. The average Bonchev–Trinajstić information content (AvgIpc) is 2.96. The standard InChI is InChI=1S/C26H24NOP/c1-25-15-5-6-16-26(25,2)27-18-10-8-12-20-24(18)29(21-13-4-3-11-19(21)28-20)22-14-7-9-17(25)23(22)27/h3-4,7-14H,5-6,15-16H2,1-2H3. The van der Waals surface area contributed by atoms with E-state index in [2.05, 4.69) is 79.4 Å². The zero-order valence-electron chi connectivity index (χ0n) is 16.9. The molecule has 0 aromatic heterocycles. The van der Waals surface area contributed by atoms with Crippen molar-refractivity contribution in [2.75, 3.05) is 4.90 Å². The number of anilines is 2. The van der Waals surface area contributed by atoms with E-state index in [0.29, 0.717) is 0 Å². The van der Waals surface area contributed by atoms with Crippen LogP contribution in [0.5, 0.6) is 11.5 Å². The van der Waals surface area contributed by atoms with Crippen molar-refractivity contribution < 1.29 is 4.74 Å². The Labute approximate surface area is 173 Å². The van der Waals surface area contributed by atoms with Crippen LogP contribution < -0.4 is 25.6 Å². The molecule has 1 aliphatic carbocycles. The van der Waals surface area contributed by atoms with Crippen molar-refractivity contribution in [1.29, 1.82) is 0 Å². The second-order valence-corrected chi connectivity index (χ2v) is 11.4. The van der Waals surface area contributed by atoms with Crippen LogP contribution in [0.3, 0.4) is 0 Å². The molecule has 0 amide bonds. The van der Waals surface area contributed by atoms with E-state index < -0.39 is 7.92 Å². The number of para-hydroxylation sites is 2.